The van der Waals surface area contributed by atoms with Crippen LogP contribution in [0.5, 0.6) is 0 Å². The Labute approximate surface area is 190 Å². The molecule has 1 fully saturated rings. The lowest BCUT2D eigenvalue weighted by molar-refractivity contribution is 0.0700. The highest BCUT2D eigenvalue weighted by Gasteiger charge is 2.34. The van der Waals surface area contributed by atoms with Gasteiger partial charge in [0.15, 0.2) is 5.13 Å². The van der Waals surface area contributed by atoms with Gasteiger partial charge < -0.3 is 20.3 Å². The van der Waals surface area contributed by atoms with Crippen LogP contribution >= 0.6 is 34.5 Å². The van der Waals surface area contributed by atoms with Gasteiger partial charge in [0.2, 0.25) is 0 Å². The van der Waals surface area contributed by atoms with Crippen LogP contribution in [0.3, 0.4) is 0 Å². The Morgan fingerprint density at radius 3 is 2.60 bits per heavy atom. The van der Waals surface area contributed by atoms with Crippen LogP contribution in [0.2, 0.25) is 10.0 Å². The molecule has 1 aliphatic heterocycles. The number of thiazole rings is 1. The predicted molar refractivity (Wildman–Crippen MR) is 120 cm³/mol. The van der Waals surface area contributed by atoms with E-state index in [1.54, 1.807) is 20.1 Å². The Hall–Kier alpha value is -1.62. The Kier molecular flexibility index (Phi) is 7.11. The van der Waals surface area contributed by atoms with Crippen LogP contribution in [0.1, 0.15) is 38.0 Å². The number of halogens is 2. The Bertz CT molecular complexity index is 1010. The summed E-state index contributed by atoms with van der Waals surface area (Å²) in [6.07, 6.45) is 2.22. The second-order valence-corrected chi connectivity index (χ2v) is 10.5. The van der Waals surface area contributed by atoms with Gasteiger partial charge in [-0.3, -0.25) is 9.00 Å². The van der Waals surface area contributed by atoms with E-state index in [1.807, 2.05) is 4.90 Å². The molecule has 0 bridgehead atoms. The summed E-state index contributed by atoms with van der Waals surface area (Å²) >= 11 is 13.4. The minimum Gasteiger partial charge on any atom is -0.477 e. The maximum Gasteiger partial charge on any atom is 0.347 e. The molecule has 3 atom stereocenters. The lowest BCUT2D eigenvalue weighted by Gasteiger charge is -2.38. The van der Waals surface area contributed by atoms with Gasteiger partial charge in [0.05, 0.1) is 15.7 Å². The first-order valence-corrected chi connectivity index (χ1v) is 12.5. The van der Waals surface area contributed by atoms with E-state index in [9.17, 15) is 18.9 Å². The third-order valence-electron chi connectivity index (χ3n) is 5.03. The number of rotatable bonds is 6. The van der Waals surface area contributed by atoms with Gasteiger partial charge in [-0.25, -0.2) is 9.78 Å². The van der Waals surface area contributed by atoms with Crippen molar-refractivity contribution in [2.75, 3.05) is 30.0 Å². The van der Waals surface area contributed by atoms with Crippen molar-refractivity contribution >= 4 is 62.3 Å². The fourth-order valence-corrected chi connectivity index (χ4v) is 5.85. The van der Waals surface area contributed by atoms with Gasteiger partial charge >= 0.3 is 5.97 Å². The Balaban J connectivity index is 1.77. The van der Waals surface area contributed by atoms with Crippen LogP contribution in [0.15, 0.2) is 0 Å². The van der Waals surface area contributed by atoms with Gasteiger partial charge in [-0.2, -0.15) is 0 Å². The molecular formula is C18H22Cl2N4O4S2. The Morgan fingerprint density at radius 2 is 2.07 bits per heavy atom. The SMILES string of the molecule is Cc1nc(N2CCC(NC(=O)c3[nH]c(C)c(Cl)c3Cl)C(CS(C)=O)C2)sc1C(=O)O. The first-order valence-electron chi connectivity index (χ1n) is 9.18. The summed E-state index contributed by atoms with van der Waals surface area (Å²) in [7, 11) is -1.07. The third kappa shape index (κ3) is 4.82. The molecule has 0 saturated carbocycles. The van der Waals surface area contributed by atoms with Gasteiger partial charge in [-0.15, -0.1) is 0 Å². The number of nitrogens with one attached hydrogen (secondary N) is 2. The highest BCUT2D eigenvalue weighted by molar-refractivity contribution is 7.84. The number of carboxylic acid groups (broad SMARTS) is 1. The van der Waals surface area contributed by atoms with Crippen LogP contribution in [0.4, 0.5) is 5.13 Å². The van der Waals surface area contributed by atoms with E-state index in [2.05, 4.69) is 15.3 Å². The second-order valence-electron chi connectivity index (χ2n) is 7.28. The number of hydrogen-bond donors (Lipinski definition) is 3. The molecule has 3 unspecified atom stereocenters. The zero-order valence-electron chi connectivity index (χ0n) is 16.6. The van der Waals surface area contributed by atoms with E-state index < -0.39 is 16.8 Å². The minimum atomic E-state index is -1.07. The van der Waals surface area contributed by atoms with E-state index in [0.717, 1.165) is 11.3 Å². The number of carbonyl (C=O) groups excluding carboxylic acids is 1. The Morgan fingerprint density at radius 1 is 1.37 bits per heavy atom. The molecule has 0 aromatic carbocycles. The molecule has 0 spiro atoms. The van der Waals surface area contributed by atoms with E-state index in [1.165, 1.54) is 0 Å². The van der Waals surface area contributed by atoms with Crippen molar-refractivity contribution in [1.29, 1.82) is 0 Å². The third-order valence-corrected chi connectivity index (χ3v) is 8.08. The van der Waals surface area contributed by atoms with Crippen molar-refractivity contribution in [3.8, 4) is 0 Å². The fourth-order valence-electron chi connectivity index (χ4n) is 3.55. The number of amides is 1. The van der Waals surface area contributed by atoms with Gasteiger partial charge in [0.25, 0.3) is 5.91 Å². The number of aromatic amines is 1. The molecule has 2 aromatic rings. The first kappa shape index (κ1) is 23.1. The average Bonchev–Trinajstić information content (AvgIpc) is 3.18. The molecular weight excluding hydrogens is 471 g/mol. The molecule has 3 N–H and O–H groups in total. The van der Waals surface area contributed by atoms with E-state index in [0.29, 0.717) is 46.8 Å². The second kappa shape index (κ2) is 9.25. The van der Waals surface area contributed by atoms with Crippen LogP contribution in [0.25, 0.3) is 0 Å². The van der Waals surface area contributed by atoms with E-state index >= 15 is 0 Å². The molecule has 164 valence electrons. The van der Waals surface area contributed by atoms with Gasteiger partial charge in [0.1, 0.15) is 10.6 Å². The van der Waals surface area contributed by atoms with Gasteiger partial charge in [0, 0.05) is 53.6 Å². The monoisotopic (exact) mass is 492 g/mol. The minimum absolute atomic E-state index is 0.101. The summed E-state index contributed by atoms with van der Waals surface area (Å²) in [4.78, 5) is 33.6. The van der Waals surface area contributed by atoms with Crippen molar-refractivity contribution in [3.63, 3.8) is 0 Å². The number of aryl methyl sites for hydroxylation is 2. The summed E-state index contributed by atoms with van der Waals surface area (Å²) in [5.74, 6) is -1.06. The molecule has 8 nitrogen and oxygen atoms in total. The summed E-state index contributed by atoms with van der Waals surface area (Å²) in [6, 6.07) is -0.212. The number of H-pyrrole nitrogens is 1. The number of carboxylic acids is 1. The van der Waals surface area contributed by atoms with Gasteiger partial charge in [-0.1, -0.05) is 34.5 Å². The largest absolute Gasteiger partial charge is 0.477 e. The van der Waals surface area contributed by atoms with Crippen LogP contribution in [0, 0.1) is 19.8 Å². The van der Waals surface area contributed by atoms with Crippen molar-refractivity contribution in [3.05, 3.63) is 32.0 Å². The number of aromatic nitrogens is 2. The number of anilines is 1. The lowest BCUT2D eigenvalue weighted by Crippen LogP contribution is -2.52. The van der Waals surface area contributed by atoms with Crippen LogP contribution in [-0.2, 0) is 10.8 Å². The molecule has 0 radical (unpaired) electrons. The van der Waals surface area contributed by atoms with E-state index in [-0.39, 0.29) is 33.5 Å². The maximum atomic E-state index is 12.8. The molecule has 1 aliphatic rings. The maximum absolute atomic E-state index is 12.8. The van der Waals surface area contributed by atoms with Crippen LogP contribution < -0.4 is 10.2 Å². The highest BCUT2D eigenvalue weighted by atomic mass is 35.5. The molecule has 1 amide bonds. The summed E-state index contributed by atoms with van der Waals surface area (Å²) in [6.45, 7) is 4.49. The van der Waals surface area contributed by atoms with Crippen molar-refractivity contribution < 1.29 is 18.9 Å². The zero-order valence-corrected chi connectivity index (χ0v) is 19.8. The quantitative estimate of drug-likeness (QED) is 0.570. The first-order chi connectivity index (χ1) is 14.1. The number of hydrogen-bond acceptors (Lipinski definition) is 6. The molecule has 3 rings (SSSR count). The smallest absolute Gasteiger partial charge is 0.347 e. The number of piperidine rings is 1. The van der Waals surface area contributed by atoms with Crippen LogP contribution in [-0.4, -0.2) is 62.3 Å². The molecule has 12 heteroatoms. The molecule has 0 aliphatic carbocycles. The summed E-state index contributed by atoms with van der Waals surface area (Å²) < 4.78 is 12.0. The fraction of sp³-hybridized carbons (Fsp3) is 0.500. The van der Waals surface area contributed by atoms with Crippen molar-refractivity contribution in [2.45, 2.75) is 26.3 Å². The lowest BCUT2D eigenvalue weighted by atomic mass is 9.93. The number of nitrogens with zero attached hydrogens (tertiary/aromatic N) is 2. The number of aromatic carboxylic acids is 1. The normalized spacial score (nSPS) is 20.2. The topological polar surface area (TPSA) is 115 Å². The number of carbonyl (C=O) groups is 2. The molecule has 1 saturated heterocycles. The molecule has 3 heterocycles. The summed E-state index contributed by atoms with van der Waals surface area (Å²) in [5.41, 5.74) is 1.29. The highest BCUT2D eigenvalue weighted by Crippen LogP contribution is 2.32. The van der Waals surface area contributed by atoms with E-state index in [4.69, 9.17) is 23.2 Å². The van der Waals surface area contributed by atoms with Crippen molar-refractivity contribution in [2.24, 2.45) is 5.92 Å². The average molecular weight is 493 g/mol. The standard InChI is InChI=1S/C18H22Cl2N4O4S2/c1-8-12(19)13(20)14(21-8)16(25)23-11-4-5-24(6-10(11)7-30(3)28)18-22-9(2)15(29-18)17(26)27/h10-11,21H,4-7H2,1-3H3,(H,23,25)(H,26,27). The van der Waals surface area contributed by atoms with Crippen molar-refractivity contribution in [1.82, 2.24) is 15.3 Å². The molecule has 30 heavy (non-hydrogen) atoms. The van der Waals surface area contributed by atoms with Gasteiger partial charge in [-0.05, 0) is 20.3 Å². The zero-order chi connectivity index (χ0) is 22.2. The molecule has 2 aromatic heterocycles. The summed E-state index contributed by atoms with van der Waals surface area (Å²) in [5, 5.41) is 13.4. The predicted octanol–water partition coefficient (Wildman–Crippen LogP) is 3.10.